The number of allylic oxidation sites excluding steroid dienone is 1. The molecule has 0 saturated carbocycles. The molecule has 0 unspecified atom stereocenters. The van der Waals surface area contributed by atoms with Crippen LogP contribution in [0.3, 0.4) is 0 Å². The number of benzene rings is 1. The van der Waals surface area contributed by atoms with Crippen LogP contribution in [0.5, 0.6) is 0 Å². The van der Waals surface area contributed by atoms with Crippen LogP contribution < -0.4 is 5.32 Å². The van der Waals surface area contributed by atoms with Gasteiger partial charge in [-0.25, -0.2) is 4.98 Å². The summed E-state index contributed by atoms with van der Waals surface area (Å²) in [5.41, 5.74) is 8.48. The van der Waals surface area contributed by atoms with Crippen LogP contribution in [0.25, 0.3) is 0 Å². The molecule has 0 amide bonds. The first kappa shape index (κ1) is 16.8. The van der Waals surface area contributed by atoms with E-state index in [9.17, 15) is 0 Å². The molecule has 0 atom stereocenters. The number of rotatable bonds is 5. The van der Waals surface area contributed by atoms with Crippen molar-refractivity contribution in [3.63, 3.8) is 0 Å². The topological polar surface area (TPSA) is 24.9 Å². The summed E-state index contributed by atoms with van der Waals surface area (Å²) in [6.45, 7) is 13.1. The van der Waals surface area contributed by atoms with Crippen LogP contribution in [-0.2, 0) is 19.3 Å². The van der Waals surface area contributed by atoms with Gasteiger partial charge in [0.2, 0.25) is 0 Å². The van der Waals surface area contributed by atoms with Crippen molar-refractivity contribution >= 4 is 5.82 Å². The smallest absolute Gasteiger partial charge is 0.130 e. The number of hydrogen-bond donors (Lipinski definition) is 1. The molecule has 3 rings (SSSR count). The van der Waals surface area contributed by atoms with E-state index in [0.717, 1.165) is 24.4 Å². The Kier molecular flexibility index (Phi) is 4.49. The number of nitrogens with zero attached hydrogens (tertiary/aromatic N) is 1. The van der Waals surface area contributed by atoms with E-state index in [2.05, 4.69) is 68.8 Å². The largest absolute Gasteiger partial charge is 0.344 e. The van der Waals surface area contributed by atoms with Gasteiger partial charge in [0.25, 0.3) is 0 Å². The predicted molar refractivity (Wildman–Crippen MR) is 102 cm³/mol. The number of pyridine rings is 1. The van der Waals surface area contributed by atoms with Crippen LogP contribution in [0.15, 0.2) is 42.7 Å². The first-order valence-electron chi connectivity index (χ1n) is 8.82. The van der Waals surface area contributed by atoms with Crippen molar-refractivity contribution < 1.29 is 0 Å². The van der Waals surface area contributed by atoms with Crippen LogP contribution >= 0.6 is 0 Å². The Morgan fingerprint density at radius 1 is 1.21 bits per heavy atom. The summed E-state index contributed by atoms with van der Waals surface area (Å²) in [5.74, 6) is 0.891. The monoisotopic (exact) mass is 320 g/mol. The van der Waals surface area contributed by atoms with E-state index in [1.807, 2.05) is 6.20 Å². The summed E-state index contributed by atoms with van der Waals surface area (Å²) >= 11 is 0. The second-order valence-electron chi connectivity index (χ2n) is 7.95. The number of aryl methyl sites for hydroxylation is 3. The summed E-state index contributed by atoms with van der Waals surface area (Å²) in [4.78, 5) is 4.44. The molecule has 2 aromatic rings. The highest BCUT2D eigenvalue weighted by molar-refractivity contribution is 5.45. The summed E-state index contributed by atoms with van der Waals surface area (Å²) in [5, 5.41) is 3.36. The van der Waals surface area contributed by atoms with Gasteiger partial charge in [0.15, 0.2) is 0 Å². The van der Waals surface area contributed by atoms with E-state index in [1.54, 1.807) is 5.56 Å². The zero-order valence-corrected chi connectivity index (χ0v) is 15.4. The average Bonchev–Trinajstić information content (AvgIpc) is 2.83. The molecule has 0 saturated heterocycles. The predicted octanol–water partition coefficient (Wildman–Crippen LogP) is 5.38. The van der Waals surface area contributed by atoms with Gasteiger partial charge in [-0.3, -0.25) is 0 Å². The Morgan fingerprint density at radius 3 is 2.75 bits per heavy atom. The first-order valence-corrected chi connectivity index (χ1v) is 8.82. The molecule has 1 aliphatic carbocycles. The zero-order valence-electron chi connectivity index (χ0n) is 15.4. The maximum absolute atomic E-state index is 4.44. The normalized spacial score (nSPS) is 15.2. The molecule has 1 aromatic heterocycles. The fourth-order valence-electron chi connectivity index (χ4n) is 3.59. The minimum absolute atomic E-state index is 0.400. The maximum atomic E-state index is 4.44. The van der Waals surface area contributed by atoms with Crippen LogP contribution in [0.2, 0.25) is 0 Å². The van der Waals surface area contributed by atoms with Crippen molar-refractivity contribution in [2.24, 2.45) is 5.41 Å². The highest BCUT2D eigenvalue weighted by Crippen LogP contribution is 2.38. The molecule has 0 spiro atoms. The third-order valence-electron chi connectivity index (χ3n) is 5.07. The highest BCUT2D eigenvalue weighted by Gasteiger charge is 2.29. The van der Waals surface area contributed by atoms with E-state index in [0.29, 0.717) is 5.41 Å². The van der Waals surface area contributed by atoms with Gasteiger partial charge in [-0.05, 0) is 78.8 Å². The third-order valence-corrected chi connectivity index (χ3v) is 5.07. The lowest BCUT2D eigenvalue weighted by atomic mass is 9.89. The van der Waals surface area contributed by atoms with Crippen molar-refractivity contribution in [1.29, 1.82) is 0 Å². The molecular weight excluding hydrogens is 292 g/mol. The summed E-state index contributed by atoms with van der Waals surface area (Å²) in [6.07, 6.45) is 6.28. The first-order chi connectivity index (χ1) is 11.3. The molecule has 1 aliphatic rings. The van der Waals surface area contributed by atoms with Crippen LogP contribution in [-0.4, -0.2) is 4.98 Å². The highest BCUT2D eigenvalue weighted by atomic mass is 15.0. The lowest BCUT2D eigenvalue weighted by Crippen LogP contribution is -2.10. The number of hydrogen-bond acceptors (Lipinski definition) is 2. The molecule has 1 N–H and O–H groups in total. The minimum Gasteiger partial charge on any atom is -0.344 e. The van der Waals surface area contributed by atoms with Gasteiger partial charge in [-0.15, -0.1) is 0 Å². The Bertz CT molecular complexity index is 772. The summed E-state index contributed by atoms with van der Waals surface area (Å²) in [6, 6.07) is 8.86. The molecule has 0 radical (unpaired) electrons. The maximum Gasteiger partial charge on any atom is 0.130 e. The van der Waals surface area contributed by atoms with E-state index < -0.39 is 0 Å². The third kappa shape index (κ3) is 3.69. The van der Waals surface area contributed by atoms with Gasteiger partial charge < -0.3 is 5.32 Å². The van der Waals surface area contributed by atoms with Gasteiger partial charge in [0, 0.05) is 11.9 Å². The Hall–Kier alpha value is -2.09. The van der Waals surface area contributed by atoms with Crippen molar-refractivity contribution in [1.82, 2.24) is 4.98 Å². The number of nitrogens with one attached hydrogen (secondary N) is 1. The second kappa shape index (κ2) is 6.43. The quantitative estimate of drug-likeness (QED) is 0.800. The fraction of sp³-hybridized carbons (Fsp3) is 0.409. The molecule has 24 heavy (non-hydrogen) atoms. The van der Waals surface area contributed by atoms with Gasteiger partial charge in [-0.1, -0.05) is 38.6 Å². The molecule has 126 valence electrons. The van der Waals surface area contributed by atoms with Crippen molar-refractivity contribution in [2.75, 3.05) is 5.32 Å². The van der Waals surface area contributed by atoms with Crippen molar-refractivity contribution in [3.05, 3.63) is 70.6 Å². The van der Waals surface area contributed by atoms with Crippen LogP contribution in [0.1, 0.15) is 48.1 Å². The minimum atomic E-state index is 0.400. The molecule has 1 aromatic carbocycles. The van der Waals surface area contributed by atoms with E-state index in [1.165, 1.54) is 35.1 Å². The van der Waals surface area contributed by atoms with Crippen LogP contribution in [0.4, 0.5) is 5.82 Å². The number of aromatic nitrogens is 1. The molecular formula is C22H28N2. The van der Waals surface area contributed by atoms with Gasteiger partial charge in [0.05, 0.1) is 0 Å². The fourth-order valence-corrected chi connectivity index (χ4v) is 3.59. The molecule has 0 bridgehead atoms. The summed E-state index contributed by atoms with van der Waals surface area (Å²) < 4.78 is 0. The zero-order chi connectivity index (χ0) is 17.3. The second-order valence-corrected chi connectivity index (χ2v) is 7.95. The van der Waals surface area contributed by atoms with E-state index in [-0.39, 0.29) is 0 Å². The molecule has 1 heterocycles. The summed E-state index contributed by atoms with van der Waals surface area (Å²) in [7, 11) is 0. The van der Waals surface area contributed by atoms with E-state index in [4.69, 9.17) is 0 Å². The lowest BCUT2D eigenvalue weighted by molar-refractivity contribution is 0.392. The molecule has 0 aliphatic heterocycles. The standard InChI is InChI=1S/C22H28N2/c1-15-11-21(23-14-16(15)2)24-17(3)9-10-18-7-6-8-19-12-22(4,5)13-20(18)19/h6-8,11,14H,3,9-10,12-13H2,1-2,4-5H3,(H,23,24). The van der Waals surface area contributed by atoms with Crippen LogP contribution in [0, 0.1) is 19.3 Å². The average molecular weight is 320 g/mol. The van der Waals surface area contributed by atoms with Crippen molar-refractivity contribution in [3.8, 4) is 0 Å². The van der Waals surface area contributed by atoms with Gasteiger partial charge in [0.1, 0.15) is 5.82 Å². The van der Waals surface area contributed by atoms with Gasteiger partial charge in [-0.2, -0.15) is 0 Å². The Morgan fingerprint density at radius 2 is 2.00 bits per heavy atom. The Balaban J connectivity index is 1.63. The molecule has 0 fully saturated rings. The molecule has 2 nitrogen and oxygen atoms in total. The van der Waals surface area contributed by atoms with E-state index >= 15 is 0 Å². The molecule has 2 heteroatoms. The van der Waals surface area contributed by atoms with Gasteiger partial charge >= 0.3 is 0 Å². The Labute approximate surface area is 146 Å². The number of anilines is 1. The van der Waals surface area contributed by atoms with Crippen molar-refractivity contribution in [2.45, 2.75) is 53.4 Å². The SMILES string of the molecule is C=C(CCc1cccc2c1CC(C)(C)C2)Nc1cc(C)c(C)cn1. The number of fused-ring (bicyclic) bond motifs is 1. The lowest BCUT2D eigenvalue weighted by Gasteiger charge is -2.15.